The van der Waals surface area contributed by atoms with Gasteiger partial charge in [-0.25, -0.2) is 13.6 Å². The summed E-state index contributed by atoms with van der Waals surface area (Å²) in [4.78, 5) is 20.9. The number of aromatic carboxylic acids is 1. The molecule has 1 aliphatic rings. The number of carbonyl (C=O) groups is 1. The van der Waals surface area contributed by atoms with Crippen molar-refractivity contribution in [2.75, 3.05) is 13.7 Å². The van der Waals surface area contributed by atoms with E-state index in [1.54, 1.807) is 6.07 Å². The second kappa shape index (κ2) is 9.27. The third-order valence-electron chi connectivity index (χ3n) is 6.97. The Kier molecular flexibility index (Phi) is 6.23. The van der Waals surface area contributed by atoms with Crippen molar-refractivity contribution < 1.29 is 23.4 Å². The van der Waals surface area contributed by atoms with Crippen molar-refractivity contribution in [3.63, 3.8) is 0 Å². The average Bonchev–Trinajstić information content (AvgIpc) is 3.22. The number of benzene rings is 2. The number of aromatic nitrogens is 2. The van der Waals surface area contributed by atoms with E-state index in [0.29, 0.717) is 29.0 Å². The Morgan fingerprint density at radius 3 is 2.65 bits per heavy atom. The fraction of sp³-hybridized carbons (Fsp3) is 0.310. The number of para-hydroxylation sites is 1. The second-order valence-electron chi connectivity index (χ2n) is 10.2. The highest BCUT2D eigenvalue weighted by Crippen LogP contribution is 2.46. The summed E-state index contributed by atoms with van der Waals surface area (Å²) < 4.78 is 36.9. The minimum atomic E-state index is -1.50. The van der Waals surface area contributed by atoms with Crippen LogP contribution in [0.1, 0.15) is 54.0 Å². The summed E-state index contributed by atoms with van der Waals surface area (Å²) in [6.45, 7) is 5.20. The summed E-state index contributed by atoms with van der Waals surface area (Å²) in [7, 11) is 1.48. The lowest BCUT2D eigenvalue weighted by Crippen LogP contribution is -2.48. The monoisotopic (exact) mass is 505 g/mol. The predicted molar refractivity (Wildman–Crippen MR) is 138 cm³/mol. The van der Waals surface area contributed by atoms with Gasteiger partial charge in [-0.1, -0.05) is 18.2 Å². The maximum atomic E-state index is 16.1. The lowest BCUT2D eigenvalue weighted by molar-refractivity contribution is 0.0646. The number of nitrogens with one attached hydrogen (secondary N) is 1. The van der Waals surface area contributed by atoms with E-state index < -0.39 is 23.5 Å². The molecule has 2 N–H and O–H groups in total. The largest absolute Gasteiger partial charge is 0.496 e. The highest BCUT2D eigenvalue weighted by molar-refractivity contribution is 5.87. The van der Waals surface area contributed by atoms with E-state index in [0.717, 1.165) is 22.2 Å². The summed E-state index contributed by atoms with van der Waals surface area (Å²) in [6.07, 6.45) is 1.94. The molecule has 6 nitrogen and oxygen atoms in total. The van der Waals surface area contributed by atoms with Gasteiger partial charge in [0.15, 0.2) is 0 Å². The molecular weight excluding hydrogens is 476 g/mol. The maximum Gasteiger partial charge on any atom is 0.337 e. The van der Waals surface area contributed by atoms with Crippen molar-refractivity contribution in [1.29, 1.82) is 0 Å². The number of aromatic amines is 1. The zero-order valence-corrected chi connectivity index (χ0v) is 21.2. The molecule has 0 saturated carbocycles. The van der Waals surface area contributed by atoms with Crippen LogP contribution in [0.25, 0.3) is 22.2 Å². The molecule has 0 unspecified atom stereocenters. The second-order valence-corrected chi connectivity index (χ2v) is 10.2. The number of hydrogen-bond acceptors (Lipinski definition) is 4. The number of pyridine rings is 1. The number of hydrogen-bond donors (Lipinski definition) is 2. The van der Waals surface area contributed by atoms with Gasteiger partial charge < -0.3 is 14.8 Å². The molecule has 1 aliphatic heterocycles. The van der Waals surface area contributed by atoms with Gasteiger partial charge in [0, 0.05) is 40.9 Å². The number of methoxy groups -OCH3 is 1. The molecule has 2 aromatic heterocycles. The van der Waals surface area contributed by atoms with E-state index in [4.69, 9.17) is 9.84 Å². The molecule has 0 fully saturated rings. The van der Waals surface area contributed by atoms with Gasteiger partial charge in [0.1, 0.15) is 17.2 Å². The Labute approximate surface area is 213 Å². The predicted octanol–water partition coefficient (Wildman–Crippen LogP) is 6.16. The number of ether oxygens (including phenoxy) is 1. The van der Waals surface area contributed by atoms with Gasteiger partial charge >= 0.3 is 5.97 Å². The Morgan fingerprint density at radius 2 is 2.00 bits per heavy atom. The van der Waals surface area contributed by atoms with Crippen LogP contribution in [0.3, 0.4) is 0 Å². The molecule has 37 heavy (non-hydrogen) atoms. The van der Waals surface area contributed by atoms with Crippen LogP contribution in [-0.2, 0) is 6.42 Å². The zero-order chi connectivity index (χ0) is 26.5. The Hall–Kier alpha value is -3.78. The number of carboxylic acids is 1. The van der Waals surface area contributed by atoms with Crippen molar-refractivity contribution in [2.45, 2.75) is 44.9 Å². The number of carboxylic acid groups (broad SMARTS) is 1. The van der Waals surface area contributed by atoms with Crippen molar-refractivity contribution >= 4 is 16.9 Å². The summed E-state index contributed by atoms with van der Waals surface area (Å²) in [5, 5.41) is 10.2. The molecule has 4 aromatic rings. The van der Waals surface area contributed by atoms with Crippen LogP contribution in [0.5, 0.6) is 5.75 Å². The van der Waals surface area contributed by atoms with E-state index in [-0.39, 0.29) is 18.2 Å². The fourth-order valence-electron chi connectivity index (χ4n) is 5.36. The summed E-state index contributed by atoms with van der Waals surface area (Å²) in [6, 6.07) is 13.3. The molecule has 0 aliphatic carbocycles. The highest BCUT2D eigenvalue weighted by atomic mass is 19.1. The molecule has 8 heteroatoms. The van der Waals surface area contributed by atoms with Crippen molar-refractivity contribution in [2.24, 2.45) is 0 Å². The van der Waals surface area contributed by atoms with Gasteiger partial charge in [-0.05, 0) is 63.1 Å². The minimum Gasteiger partial charge on any atom is -0.496 e. The normalized spacial score (nSPS) is 18.1. The van der Waals surface area contributed by atoms with Gasteiger partial charge in [-0.3, -0.25) is 9.88 Å². The first-order chi connectivity index (χ1) is 17.6. The van der Waals surface area contributed by atoms with E-state index in [1.807, 2.05) is 36.1 Å². The summed E-state index contributed by atoms with van der Waals surface area (Å²) >= 11 is 0. The molecule has 0 bridgehead atoms. The number of nitrogens with zero attached hydrogens (tertiary/aromatic N) is 2. The first-order valence-electron chi connectivity index (χ1n) is 12.2. The average molecular weight is 506 g/mol. The molecular formula is C29H29F2N3O3. The van der Waals surface area contributed by atoms with E-state index in [2.05, 4.69) is 9.97 Å². The van der Waals surface area contributed by atoms with Crippen LogP contribution < -0.4 is 4.74 Å². The minimum absolute atomic E-state index is 0.0415. The summed E-state index contributed by atoms with van der Waals surface area (Å²) in [5.41, 5.74) is 2.60. The van der Waals surface area contributed by atoms with Crippen LogP contribution >= 0.6 is 0 Å². The maximum absolute atomic E-state index is 16.1. The zero-order valence-electron chi connectivity index (χ0n) is 21.2. The van der Waals surface area contributed by atoms with E-state index >= 15 is 8.78 Å². The van der Waals surface area contributed by atoms with Gasteiger partial charge in [-0.15, -0.1) is 0 Å². The Balaban J connectivity index is 1.69. The van der Waals surface area contributed by atoms with E-state index in [9.17, 15) is 4.79 Å². The molecule has 2 aromatic carbocycles. The Morgan fingerprint density at radius 1 is 1.24 bits per heavy atom. The molecule has 0 spiro atoms. The van der Waals surface area contributed by atoms with Crippen molar-refractivity contribution in [1.82, 2.24) is 14.9 Å². The topological polar surface area (TPSA) is 78.5 Å². The molecule has 0 amide bonds. The van der Waals surface area contributed by atoms with Crippen LogP contribution in [-0.4, -0.2) is 51.3 Å². The van der Waals surface area contributed by atoms with Crippen molar-refractivity contribution in [3.8, 4) is 17.0 Å². The van der Waals surface area contributed by atoms with Crippen LogP contribution in [0.4, 0.5) is 8.78 Å². The third-order valence-corrected chi connectivity index (χ3v) is 6.97. The lowest BCUT2D eigenvalue weighted by Gasteiger charge is -2.43. The first-order valence-corrected chi connectivity index (χ1v) is 12.2. The lowest BCUT2D eigenvalue weighted by atomic mass is 9.86. The number of rotatable bonds is 6. The number of alkyl halides is 1. The fourth-order valence-corrected chi connectivity index (χ4v) is 5.36. The molecule has 3 heterocycles. The first kappa shape index (κ1) is 24.9. The number of fused-ring (bicyclic) bond motifs is 3. The number of halogens is 2. The summed E-state index contributed by atoms with van der Waals surface area (Å²) in [5.74, 6) is -1.29. The van der Waals surface area contributed by atoms with E-state index in [1.165, 1.54) is 45.4 Å². The smallest absolute Gasteiger partial charge is 0.337 e. The van der Waals surface area contributed by atoms with Gasteiger partial charge in [0.2, 0.25) is 0 Å². The highest BCUT2D eigenvalue weighted by Gasteiger charge is 2.41. The Bertz CT molecular complexity index is 1470. The quantitative estimate of drug-likeness (QED) is 0.328. The molecule has 0 saturated heterocycles. The molecule has 0 radical (unpaired) electrons. The van der Waals surface area contributed by atoms with Gasteiger partial charge in [-0.2, -0.15) is 0 Å². The van der Waals surface area contributed by atoms with Crippen LogP contribution in [0.2, 0.25) is 0 Å². The van der Waals surface area contributed by atoms with Crippen LogP contribution in [0, 0.1) is 5.82 Å². The van der Waals surface area contributed by atoms with Gasteiger partial charge in [0.25, 0.3) is 0 Å². The molecule has 5 rings (SSSR count). The molecule has 2 atom stereocenters. The third kappa shape index (κ3) is 4.57. The standard InChI is InChI=1S/C29H29F2N3O3/c1-16-11-20-19-7-5-6-8-23(19)33-26(20)27(34(16)15-29(2,3)31)25-21(30)12-18(13-24(25)37-4)22-10-9-17(14-32-22)28(35)36/h5-10,12-14,16,27,33H,11,15H2,1-4H3,(H,35,36)/t16-,27-/m1/s1. The van der Waals surface area contributed by atoms with Gasteiger partial charge in [0.05, 0.1) is 30.0 Å². The number of H-pyrrole nitrogens is 1. The van der Waals surface area contributed by atoms with Crippen molar-refractivity contribution in [3.05, 3.63) is 82.9 Å². The SMILES string of the molecule is COc1cc(-c2ccc(C(=O)O)cn2)cc(F)c1[C@@H]1c2[nH]c3ccccc3c2C[C@@H](C)N1CC(C)(C)F. The van der Waals surface area contributed by atoms with Crippen LogP contribution in [0.15, 0.2) is 54.7 Å². The molecule has 192 valence electrons.